The molecule has 7 heteroatoms. The van der Waals surface area contributed by atoms with Crippen LogP contribution in [0, 0.1) is 0 Å². The van der Waals surface area contributed by atoms with Crippen molar-refractivity contribution in [2.75, 3.05) is 11.9 Å². The highest BCUT2D eigenvalue weighted by Gasteiger charge is 2.32. The van der Waals surface area contributed by atoms with Crippen molar-refractivity contribution in [3.8, 4) is 0 Å². The molecule has 4 nitrogen and oxygen atoms in total. The number of hydrogen-bond donors (Lipinski definition) is 2. The van der Waals surface area contributed by atoms with Gasteiger partial charge in [0.05, 0.1) is 5.56 Å². The summed E-state index contributed by atoms with van der Waals surface area (Å²) in [5.41, 5.74) is 5.33. The van der Waals surface area contributed by atoms with E-state index in [-0.39, 0.29) is 17.4 Å². The van der Waals surface area contributed by atoms with Gasteiger partial charge in [-0.1, -0.05) is 5.16 Å². The molecule has 1 fully saturated rings. The average molecular weight is 287 g/mol. The molecule has 1 saturated carbocycles. The second kappa shape index (κ2) is 5.22. The molecule has 0 unspecified atom stereocenters. The molecule has 3 N–H and O–H groups in total. The molecule has 1 aromatic carbocycles. The largest absolute Gasteiger partial charge is 0.416 e. The Morgan fingerprint density at radius 3 is 2.50 bits per heavy atom. The fourth-order valence-corrected chi connectivity index (χ4v) is 2.25. The van der Waals surface area contributed by atoms with Gasteiger partial charge in [-0.05, 0) is 37.5 Å². The fourth-order valence-electron chi connectivity index (χ4n) is 2.25. The second-order valence-corrected chi connectivity index (χ2v) is 4.91. The summed E-state index contributed by atoms with van der Waals surface area (Å²) in [7, 11) is 1.81. The van der Waals surface area contributed by atoms with Crippen LogP contribution in [0.4, 0.5) is 18.9 Å². The smallest absolute Gasteiger partial charge is 0.409 e. The Morgan fingerprint density at radius 2 is 2.05 bits per heavy atom. The molecule has 2 rings (SSSR count). The zero-order chi connectivity index (χ0) is 14.9. The standard InChI is InChI=1S/C13H16F3N3O/c1-19(9-3-2-4-9)11-6-5-8(13(14,15)16)7-10(11)12(17)18-20/h5-7,9,20H,2-4H2,1H3,(H2,17,18). The third-order valence-corrected chi connectivity index (χ3v) is 3.71. The van der Waals surface area contributed by atoms with Crippen LogP contribution < -0.4 is 10.6 Å². The molecule has 0 bridgehead atoms. The van der Waals surface area contributed by atoms with Crippen molar-refractivity contribution in [1.29, 1.82) is 0 Å². The molecular formula is C13H16F3N3O. The molecule has 0 amide bonds. The van der Waals surface area contributed by atoms with Crippen molar-refractivity contribution in [2.45, 2.75) is 31.5 Å². The van der Waals surface area contributed by atoms with E-state index in [0.29, 0.717) is 5.69 Å². The number of benzene rings is 1. The van der Waals surface area contributed by atoms with Crippen molar-refractivity contribution in [1.82, 2.24) is 0 Å². The Labute approximate surface area is 114 Å². The van der Waals surface area contributed by atoms with Gasteiger partial charge in [-0.2, -0.15) is 13.2 Å². The lowest BCUT2D eigenvalue weighted by atomic mass is 9.91. The second-order valence-electron chi connectivity index (χ2n) is 4.91. The number of hydrogen-bond acceptors (Lipinski definition) is 3. The van der Waals surface area contributed by atoms with Crippen LogP contribution in [0.3, 0.4) is 0 Å². The maximum absolute atomic E-state index is 12.7. The van der Waals surface area contributed by atoms with Crippen LogP contribution in [-0.4, -0.2) is 24.1 Å². The van der Waals surface area contributed by atoms with Gasteiger partial charge >= 0.3 is 6.18 Å². The third kappa shape index (κ3) is 2.66. The molecule has 1 aliphatic carbocycles. The summed E-state index contributed by atoms with van der Waals surface area (Å²) < 4.78 is 38.2. The number of oxime groups is 1. The molecule has 0 spiro atoms. The first-order valence-electron chi connectivity index (χ1n) is 6.26. The Hall–Kier alpha value is -1.92. The lowest BCUT2D eigenvalue weighted by molar-refractivity contribution is -0.137. The van der Waals surface area contributed by atoms with Crippen molar-refractivity contribution in [3.05, 3.63) is 29.3 Å². The van der Waals surface area contributed by atoms with Gasteiger partial charge in [-0.3, -0.25) is 0 Å². The van der Waals surface area contributed by atoms with Gasteiger partial charge in [-0.15, -0.1) is 0 Å². The van der Waals surface area contributed by atoms with Crippen molar-refractivity contribution in [3.63, 3.8) is 0 Å². The van der Waals surface area contributed by atoms with Crippen molar-refractivity contribution >= 4 is 11.5 Å². The summed E-state index contributed by atoms with van der Waals surface area (Å²) in [5.74, 6) is -0.322. The topological polar surface area (TPSA) is 61.8 Å². The van der Waals surface area contributed by atoms with Gasteiger partial charge in [-0.25, -0.2) is 0 Å². The Kier molecular flexibility index (Phi) is 3.78. The normalized spacial score (nSPS) is 16.9. The van der Waals surface area contributed by atoms with Gasteiger partial charge in [0.2, 0.25) is 0 Å². The number of nitrogens with zero attached hydrogens (tertiary/aromatic N) is 2. The summed E-state index contributed by atoms with van der Waals surface area (Å²) in [5, 5.41) is 11.6. The first kappa shape index (κ1) is 14.5. The van der Waals surface area contributed by atoms with Gasteiger partial charge < -0.3 is 15.8 Å². The lowest BCUT2D eigenvalue weighted by Gasteiger charge is -2.37. The summed E-state index contributed by atoms with van der Waals surface area (Å²) in [6, 6.07) is 3.59. The van der Waals surface area contributed by atoms with Crippen LogP contribution in [0.15, 0.2) is 23.4 Å². The first-order chi connectivity index (χ1) is 9.34. The molecule has 1 aromatic rings. The van der Waals surface area contributed by atoms with Crippen molar-refractivity contribution in [2.24, 2.45) is 10.9 Å². The Morgan fingerprint density at radius 1 is 1.40 bits per heavy atom. The quantitative estimate of drug-likeness (QED) is 0.389. The van der Waals surface area contributed by atoms with Crippen LogP contribution >= 0.6 is 0 Å². The van der Waals surface area contributed by atoms with Crippen LogP contribution in [0.2, 0.25) is 0 Å². The molecule has 0 aliphatic heterocycles. The van der Waals surface area contributed by atoms with Crippen molar-refractivity contribution < 1.29 is 18.4 Å². The maximum atomic E-state index is 12.7. The van der Waals surface area contributed by atoms with E-state index >= 15 is 0 Å². The molecule has 0 saturated heterocycles. The average Bonchev–Trinajstić information content (AvgIpc) is 2.33. The summed E-state index contributed by atoms with van der Waals surface area (Å²) in [4.78, 5) is 1.89. The number of anilines is 1. The fraction of sp³-hybridized carbons (Fsp3) is 0.462. The SMILES string of the molecule is CN(c1ccc(C(F)(F)F)cc1/C(N)=N/O)C1CCC1. The van der Waals surface area contributed by atoms with Crippen LogP contribution in [-0.2, 0) is 6.18 Å². The monoisotopic (exact) mass is 287 g/mol. The third-order valence-electron chi connectivity index (χ3n) is 3.71. The van der Waals surface area contributed by atoms with E-state index in [1.807, 2.05) is 4.90 Å². The minimum Gasteiger partial charge on any atom is -0.409 e. The number of amidine groups is 1. The van der Waals surface area contributed by atoms with E-state index < -0.39 is 11.7 Å². The number of rotatable bonds is 3. The first-order valence-corrected chi connectivity index (χ1v) is 6.26. The molecule has 0 aromatic heterocycles. The highest BCUT2D eigenvalue weighted by molar-refractivity contribution is 6.02. The van der Waals surface area contributed by atoms with Gasteiger partial charge in [0.15, 0.2) is 5.84 Å². The maximum Gasteiger partial charge on any atom is 0.416 e. The molecular weight excluding hydrogens is 271 g/mol. The van der Waals surface area contributed by atoms with E-state index in [9.17, 15) is 13.2 Å². The number of alkyl halides is 3. The highest BCUT2D eigenvalue weighted by atomic mass is 19.4. The lowest BCUT2D eigenvalue weighted by Crippen LogP contribution is -2.38. The van der Waals surface area contributed by atoms with Gasteiger partial charge in [0.1, 0.15) is 0 Å². The zero-order valence-electron chi connectivity index (χ0n) is 11.0. The summed E-state index contributed by atoms with van der Waals surface area (Å²) in [6.45, 7) is 0. The molecule has 0 heterocycles. The van der Waals surface area contributed by atoms with E-state index in [2.05, 4.69) is 5.16 Å². The van der Waals surface area contributed by atoms with Crippen LogP contribution in [0.5, 0.6) is 0 Å². The minimum atomic E-state index is -4.46. The summed E-state index contributed by atoms with van der Waals surface area (Å²) >= 11 is 0. The summed E-state index contributed by atoms with van der Waals surface area (Å²) in [6.07, 6.45) is -1.37. The molecule has 0 atom stereocenters. The predicted molar refractivity (Wildman–Crippen MR) is 70.0 cm³/mol. The van der Waals surface area contributed by atoms with Gasteiger partial charge in [0, 0.05) is 24.3 Å². The molecule has 0 radical (unpaired) electrons. The molecule has 20 heavy (non-hydrogen) atoms. The highest BCUT2D eigenvalue weighted by Crippen LogP contribution is 2.35. The van der Waals surface area contributed by atoms with Gasteiger partial charge in [0.25, 0.3) is 0 Å². The van der Waals surface area contributed by atoms with E-state index in [0.717, 1.165) is 31.4 Å². The zero-order valence-corrected chi connectivity index (χ0v) is 11.0. The van der Waals surface area contributed by atoms with E-state index in [1.54, 1.807) is 7.05 Å². The minimum absolute atomic E-state index is 0.0942. The van der Waals surface area contributed by atoms with E-state index in [4.69, 9.17) is 10.9 Å². The molecule has 1 aliphatic rings. The molecule has 110 valence electrons. The predicted octanol–water partition coefficient (Wildman–Crippen LogP) is 2.79. The Bertz CT molecular complexity index is 524. The number of halogens is 3. The van der Waals surface area contributed by atoms with Crippen LogP contribution in [0.1, 0.15) is 30.4 Å². The number of nitrogens with two attached hydrogens (primary N) is 1. The Balaban J connectivity index is 2.45. The van der Waals surface area contributed by atoms with E-state index in [1.165, 1.54) is 6.07 Å². The van der Waals surface area contributed by atoms with Crippen LogP contribution in [0.25, 0.3) is 0 Å².